The van der Waals surface area contributed by atoms with Crippen molar-refractivity contribution < 1.29 is 14.3 Å². The van der Waals surface area contributed by atoms with Crippen molar-refractivity contribution >= 4 is 23.2 Å². The zero-order valence-corrected chi connectivity index (χ0v) is 16.1. The topological polar surface area (TPSA) is 47.6 Å². The predicted molar refractivity (Wildman–Crippen MR) is 102 cm³/mol. The van der Waals surface area contributed by atoms with Crippen LogP contribution < -0.4 is 14.8 Å². The number of hydrogen-bond donors (Lipinski definition) is 1. The third-order valence-electron chi connectivity index (χ3n) is 3.86. The summed E-state index contributed by atoms with van der Waals surface area (Å²) < 4.78 is 11.0. The van der Waals surface area contributed by atoms with Crippen molar-refractivity contribution in [1.29, 1.82) is 0 Å². The van der Waals surface area contributed by atoms with Crippen LogP contribution in [0.4, 0.5) is 5.69 Å². The van der Waals surface area contributed by atoms with Gasteiger partial charge in [-0.3, -0.25) is 4.79 Å². The summed E-state index contributed by atoms with van der Waals surface area (Å²) in [4.78, 5) is 12.7. The van der Waals surface area contributed by atoms with Crippen LogP contribution in [0.3, 0.4) is 0 Å². The number of amides is 1. The number of ether oxygens (including phenoxy) is 2. The van der Waals surface area contributed by atoms with Crippen LogP contribution in [0.15, 0.2) is 24.3 Å². The first-order valence-electron chi connectivity index (χ1n) is 8.26. The van der Waals surface area contributed by atoms with Crippen molar-refractivity contribution in [3.63, 3.8) is 0 Å². The molecule has 0 aromatic heterocycles. The molecule has 0 aliphatic carbocycles. The van der Waals surface area contributed by atoms with E-state index in [0.717, 1.165) is 28.8 Å². The highest BCUT2D eigenvalue weighted by Crippen LogP contribution is 2.37. The van der Waals surface area contributed by atoms with Gasteiger partial charge < -0.3 is 14.8 Å². The summed E-state index contributed by atoms with van der Waals surface area (Å²) in [6, 6.07) is 7.32. The van der Waals surface area contributed by atoms with Gasteiger partial charge in [-0.15, -0.1) is 0 Å². The molecule has 0 heterocycles. The molecule has 0 atom stereocenters. The summed E-state index contributed by atoms with van der Waals surface area (Å²) in [6.07, 6.45) is 0.855. The second-order valence-electron chi connectivity index (χ2n) is 6.07. The molecule has 0 saturated carbocycles. The van der Waals surface area contributed by atoms with Crippen molar-refractivity contribution in [2.45, 2.75) is 34.1 Å². The van der Waals surface area contributed by atoms with Gasteiger partial charge in [0.25, 0.3) is 5.91 Å². The molecule has 0 unspecified atom stereocenters. The Morgan fingerprint density at radius 1 is 1.12 bits per heavy atom. The van der Waals surface area contributed by atoms with Gasteiger partial charge in [-0.1, -0.05) is 36.2 Å². The maximum atomic E-state index is 12.7. The number of methoxy groups -OCH3 is 1. The third kappa shape index (κ3) is 4.45. The first-order valence-corrected chi connectivity index (χ1v) is 8.64. The molecule has 0 aliphatic heterocycles. The van der Waals surface area contributed by atoms with Crippen LogP contribution in [0.2, 0.25) is 5.02 Å². The molecule has 1 N–H and O–H groups in total. The summed E-state index contributed by atoms with van der Waals surface area (Å²) in [5, 5.41) is 3.33. The maximum absolute atomic E-state index is 12.7. The zero-order chi connectivity index (χ0) is 18.6. The Morgan fingerprint density at radius 2 is 1.76 bits per heavy atom. The van der Waals surface area contributed by atoms with E-state index in [0.29, 0.717) is 28.7 Å². The third-order valence-corrected chi connectivity index (χ3v) is 4.14. The molecule has 25 heavy (non-hydrogen) atoms. The zero-order valence-electron chi connectivity index (χ0n) is 15.3. The molecule has 0 radical (unpaired) electrons. The molecule has 2 rings (SSSR count). The van der Waals surface area contributed by atoms with Crippen molar-refractivity contribution in [1.82, 2.24) is 0 Å². The van der Waals surface area contributed by atoms with E-state index < -0.39 is 0 Å². The van der Waals surface area contributed by atoms with Crippen LogP contribution in [-0.4, -0.2) is 19.6 Å². The number of rotatable bonds is 6. The van der Waals surface area contributed by atoms with E-state index in [1.807, 2.05) is 39.8 Å². The smallest absolute Gasteiger partial charge is 0.255 e. The molecule has 4 nitrogen and oxygen atoms in total. The van der Waals surface area contributed by atoms with Crippen molar-refractivity contribution in [2.24, 2.45) is 0 Å². The number of nitrogens with one attached hydrogen (secondary N) is 1. The van der Waals surface area contributed by atoms with Crippen molar-refractivity contribution in [3.05, 3.63) is 51.5 Å². The lowest BCUT2D eigenvalue weighted by Crippen LogP contribution is -2.14. The van der Waals surface area contributed by atoms with Crippen LogP contribution in [0.25, 0.3) is 0 Å². The fourth-order valence-corrected chi connectivity index (χ4v) is 3.02. The molecule has 0 aliphatic rings. The number of carbonyl (C=O) groups is 1. The molecule has 2 aromatic carbocycles. The van der Waals surface area contributed by atoms with Gasteiger partial charge >= 0.3 is 0 Å². The second-order valence-corrected chi connectivity index (χ2v) is 6.47. The monoisotopic (exact) mass is 361 g/mol. The van der Waals surface area contributed by atoms with Gasteiger partial charge in [0.2, 0.25) is 0 Å². The molecule has 0 fully saturated rings. The SMILES string of the molecule is CCCOc1c(Cl)cc(C(=O)Nc2c(C)cc(C)cc2C)cc1OC. The van der Waals surface area contributed by atoms with Gasteiger partial charge in [0.15, 0.2) is 11.5 Å². The van der Waals surface area contributed by atoms with Gasteiger partial charge in [-0.2, -0.15) is 0 Å². The minimum absolute atomic E-state index is 0.239. The predicted octanol–water partition coefficient (Wildman–Crippen LogP) is 5.31. The summed E-state index contributed by atoms with van der Waals surface area (Å²) in [5.74, 6) is 0.672. The molecular formula is C20H24ClNO3. The Balaban J connectivity index is 2.32. The molecule has 0 saturated heterocycles. The lowest BCUT2D eigenvalue weighted by molar-refractivity contribution is 0.102. The normalized spacial score (nSPS) is 10.5. The van der Waals surface area contributed by atoms with E-state index in [4.69, 9.17) is 21.1 Å². The number of benzene rings is 2. The number of halogens is 1. The average Bonchev–Trinajstić information content (AvgIpc) is 2.56. The molecule has 134 valence electrons. The highest BCUT2D eigenvalue weighted by atomic mass is 35.5. The highest BCUT2D eigenvalue weighted by molar-refractivity contribution is 6.32. The second kappa shape index (κ2) is 8.26. The molecule has 2 aromatic rings. The maximum Gasteiger partial charge on any atom is 0.255 e. The lowest BCUT2D eigenvalue weighted by Gasteiger charge is -2.15. The number of anilines is 1. The summed E-state index contributed by atoms with van der Waals surface area (Å²) >= 11 is 6.29. The Labute approximate surface area is 154 Å². The Morgan fingerprint density at radius 3 is 2.32 bits per heavy atom. The average molecular weight is 362 g/mol. The van der Waals surface area contributed by atoms with Gasteiger partial charge in [-0.05, 0) is 50.5 Å². The highest BCUT2D eigenvalue weighted by Gasteiger charge is 2.17. The van der Waals surface area contributed by atoms with E-state index in [-0.39, 0.29) is 5.91 Å². The van der Waals surface area contributed by atoms with E-state index >= 15 is 0 Å². The van der Waals surface area contributed by atoms with Crippen LogP contribution in [-0.2, 0) is 0 Å². The Bertz CT molecular complexity index is 764. The number of carbonyl (C=O) groups excluding carboxylic acids is 1. The Hall–Kier alpha value is -2.20. The molecule has 0 bridgehead atoms. The molecular weight excluding hydrogens is 338 g/mol. The standard InChI is InChI=1S/C20H24ClNO3/c1-6-7-25-19-16(21)10-15(11-17(19)24-5)20(23)22-18-13(3)8-12(2)9-14(18)4/h8-11H,6-7H2,1-5H3,(H,22,23). The van der Waals surface area contributed by atoms with E-state index in [1.54, 1.807) is 12.1 Å². The quantitative estimate of drug-likeness (QED) is 0.757. The van der Waals surface area contributed by atoms with Crippen molar-refractivity contribution in [3.8, 4) is 11.5 Å². The largest absolute Gasteiger partial charge is 0.493 e. The van der Waals surface area contributed by atoms with Crippen LogP contribution >= 0.6 is 11.6 Å². The van der Waals surface area contributed by atoms with Gasteiger partial charge in [0.1, 0.15) is 0 Å². The minimum Gasteiger partial charge on any atom is -0.493 e. The molecule has 1 amide bonds. The fourth-order valence-electron chi connectivity index (χ4n) is 2.76. The first-order chi connectivity index (χ1) is 11.9. The summed E-state index contributed by atoms with van der Waals surface area (Å²) in [5.41, 5.74) is 4.44. The Kier molecular flexibility index (Phi) is 6.32. The molecule has 0 spiro atoms. The fraction of sp³-hybridized carbons (Fsp3) is 0.350. The van der Waals surface area contributed by atoms with Gasteiger partial charge in [0.05, 0.1) is 18.7 Å². The summed E-state index contributed by atoms with van der Waals surface area (Å²) in [7, 11) is 1.53. The lowest BCUT2D eigenvalue weighted by atomic mass is 10.0. The first kappa shape index (κ1) is 19.1. The van der Waals surface area contributed by atoms with Crippen molar-refractivity contribution in [2.75, 3.05) is 19.0 Å². The van der Waals surface area contributed by atoms with E-state index in [1.165, 1.54) is 7.11 Å². The minimum atomic E-state index is -0.239. The van der Waals surface area contributed by atoms with Crippen LogP contribution in [0.5, 0.6) is 11.5 Å². The summed E-state index contributed by atoms with van der Waals surface area (Å²) in [6.45, 7) is 8.53. The van der Waals surface area contributed by atoms with Crippen LogP contribution in [0, 0.1) is 20.8 Å². The van der Waals surface area contributed by atoms with Crippen LogP contribution in [0.1, 0.15) is 40.4 Å². The number of hydrogen-bond acceptors (Lipinski definition) is 3. The van der Waals surface area contributed by atoms with E-state index in [9.17, 15) is 4.79 Å². The van der Waals surface area contributed by atoms with E-state index in [2.05, 4.69) is 5.32 Å². The number of aryl methyl sites for hydroxylation is 3. The van der Waals surface area contributed by atoms with Gasteiger partial charge in [-0.25, -0.2) is 0 Å². The van der Waals surface area contributed by atoms with Gasteiger partial charge in [0, 0.05) is 11.3 Å². The molecule has 5 heteroatoms.